The molecule has 2 atom stereocenters. The number of ether oxygens (including phenoxy) is 2. The maximum absolute atomic E-state index is 11.3. The van der Waals surface area contributed by atoms with Crippen molar-refractivity contribution in [2.75, 3.05) is 0 Å². The van der Waals surface area contributed by atoms with Gasteiger partial charge in [0.05, 0.1) is 6.10 Å². The van der Waals surface area contributed by atoms with Gasteiger partial charge in [-0.2, -0.15) is 0 Å². The zero-order valence-corrected chi connectivity index (χ0v) is 12.5. The zero-order valence-electron chi connectivity index (χ0n) is 11.8. The Kier molecular flexibility index (Phi) is 4.36. The minimum absolute atomic E-state index is 0.244. The molecule has 4 nitrogen and oxygen atoms in total. The van der Waals surface area contributed by atoms with E-state index in [0.29, 0.717) is 16.7 Å². The summed E-state index contributed by atoms with van der Waals surface area (Å²) in [5.74, 6) is -0.183. The first-order valence-electron chi connectivity index (χ1n) is 7.49. The molecule has 21 heavy (non-hydrogen) atoms. The summed E-state index contributed by atoms with van der Waals surface area (Å²) in [7, 11) is 0. The first-order valence-corrected chi connectivity index (χ1v) is 7.87. The minimum atomic E-state index is -1.23. The number of halogens is 1. The molecule has 1 aromatic rings. The highest BCUT2D eigenvalue weighted by Gasteiger charge is 2.37. The Morgan fingerprint density at radius 3 is 2.57 bits per heavy atom. The van der Waals surface area contributed by atoms with Crippen LogP contribution in [0.2, 0.25) is 5.02 Å². The number of carbonyl (C=O) groups is 1. The van der Waals surface area contributed by atoms with E-state index in [1.807, 2.05) is 6.07 Å². The molecule has 0 saturated heterocycles. The van der Waals surface area contributed by atoms with E-state index in [1.165, 1.54) is 25.7 Å². The predicted octanol–water partition coefficient (Wildman–Crippen LogP) is 4.17. The fraction of sp³-hybridized carbons (Fsp3) is 0.562. The molecule has 1 N–H and O–H groups in total. The highest BCUT2D eigenvalue weighted by molar-refractivity contribution is 6.30. The molecule has 3 rings (SSSR count). The maximum atomic E-state index is 11.3. The molecule has 114 valence electrons. The highest BCUT2D eigenvalue weighted by Crippen LogP contribution is 2.44. The van der Waals surface area contributed by atoms with E-state index < -0.39 is 12.3 Å². The highest BCUT2D eigenvalue weighted by atomic mass is 35.5. The molecule has 1 aliphatic carbocycles. The van der Waals surface area contributed by atoms with Crippen LogP contribution in [-0.2, 0) is 9.53 Å². The molecule has 2 unspecified atom stereocenters. The summed E-state index contributed by atoms with van der Waals surface area (Å²) in [6.45, 7) is 0. The second-order valence-corrected chi connectivity index (χ2v) is 6.21. The number of aliphatic carboxylic acids is 1. The molecule has 5 heteroatoms. The van der Waals surface area contributed by atoms with Crippen molar-refractivity contribution in [1.29, 1.82) is 0 Å². The molecule has 1 aromatic carbocycles. The lowest BCUT2D eigenvalue weighted by Gasteiger charge is -2.35. The van der Waals surface area contributed by atoms with Gasteiger partial charge in [-0.1, -0.05) is 37.3 Å². The van der Waals surface area contributed by atoms with Crippen LogP contribution in [0.3, 0.4) is 0 Å². The van der Waals surface area contributed by atoms with Crippen molar-refractivity contribution in [3.8, 4) is 5.75 Å². The van der Waals surface area contributed by atoms with E-state index in [4.69, 9.17) is 21.1 Å². The predicted molar refractivity (Wildman–Crippen MR) is 78.5 cm³/mol. The smallest absolute Gasteiger partial charge is 0.373 e. The number of hydrogen-bond acceptors (Lipinski definition) is 3. The molecule has 1 heterocycles. The zero-order chi connectivity index (χ0) is 14.8. The van der Waals surface area contributed by atoms with Crippen molar-refractivity contribution in [2.24, 2.45) is 5.92 Å². The lowest BCUT2D eigenvalue weighted by Crippen LogP contribution is -2.37. The molecule has 1 fully saturated rings. The summed E-state index contributed by atoms with van der Waals surface area (Å²) in [6.07, 6.45) is 5.46. The fourth-order valence-corrected chi connectivity index (χ4v) is 3.47. The number of hydrogen-bond donors (Lipinski definition) is 1. The van der Waals surface area contributed by atoms with E-state index in [9.17, 15) is 9.90 Å². The van der Waals surface area contributed by atoms with E-state index in [0.717, 1.165) is 18.4 Å². The van der Waals surface area contributed by atoms with Crippen LogP contribution in [0.5, 0.6) is 5.75 Å². The quantitative estimate of drug-likeness (QED) is 0.833. The Hall–Kier alpha value is -1.26. The number of carboxylic acid groups (broad SMARTS) is 1. The van der Waals surface area contributed by atoms with Gasteiger partial charge in [0.15, 0.2) is 0 Å². The van der Waals surface area contributed by atoms with Crippen LogP contribution in [0, 0.1) is 5.92 Å². The van der Waals surface area contributed by atoms with Gasteiger partial charge in [-0.15, -0.1) is 0 Å². The molecule has 0 aromatic heterocycles. The van der Waals surface area contributed by atoms with Crippen LogP contribution in [-0.4, -0.2) is 17.4 Å². The minimum Gasteiger partial charge on any atom is -0.477 e. The van der Waals surface area contributed by atoms with Crippen LogP contribution in [0.15, 0.2) is 18.2 Å². The molecule has 0 amide bonds. The van der Waals surface area contributed by atoms with Gasteiger partial charge in [-0.25, -0.2) is 4.79 Å². The molecular weight excluding hydrogens is 292 g/mol. The van der Waals surface area contributed by atoms with E-state index in [2.05, 4.69) is 0 Å². The third kappa shape index (κ3) is 3.16. The van der Waals surface area contributed by atoms with Gasteiger partial charge in [0, 0.05) is 10.6 Å². The molecule has 0 bridgehead atoms. The van der Waals surface area contributed by atoms with Crippen molar-refractivity contribution < 1.29 is 19.4 Å². The van der Waals surface area contributed by atoms with E-state index in [-0.39, 0.29) is 6.10 Å². The summed E-state index contributed by atoms with van der Waals surface area (Å²) in [6, 6.07) is 5.29. The van der Waals surface area contributed by atoms with Crippen LogP contribution < -0.4 is 4.74 Å². The standard InChI is InChI=1S/C16H19ClO4/c17-11-7-8-13-12(9-11)14(21-16(20-13)15(18)19)10-5-3-1-2-4-6-10/h7-10,14,16H,1-6H2,(H,18,19). The first kappa shape index (κ1) is 14.7. The molecule has 1 aliphatic heterocycles. The molecule has 0 spiro atoms. The molecule has 1 saturated carbocycles. The van der Waals surface area contributed by atoms with Gasteiger partial charge in [-0.05, 0) is 37.0 Å². The van der Waals surface area contributed by atoms with Crippen molar-refractivity contribution in [3.05, 3.63) is 28.8 Å². The van der Waals surface area contributed by atoms with E-state index >= 15 is 0 Å². The topological polar surface area (TPSA) is 55.8 Å². The number of rotatable bonds is 2. The van der Waals surface area contributed by atoms with Crippen LogP contribution in [0.25, 0.3) is 0 Å². The molecule has 2 aliphatic rings. The summed E-state index contributed by atoms with van der Waals surface area (Å²) in [5, 5.41) is 9.83. The second-order valence-electron chi connectivity index (χ2n) is 5.78. The Morgan fingerprint density at radius 1 is 1.19 bits per heavy atom. The second kappa shape index (κ2) is 6.24. The van der Waals surface area contributed by atoms with Crippen molar-refractivity contribution >= 4 is 17.6 Å². The van der Waals surface area contributed by atoms with Gasteiger partial charge >= 0.3 is 5.97 Å². The van der Waals surface area contributed by atoms with Gasteiger partial charge < -0.3 is 14.6 Å². The number of carboxylic acids is 1. The van der Waals surface area contributed by atoms with Crippen molar-refractivity contribution in [1.82, 2.24) is 0 Å². The average molecular weight is 311 g/mol. The summed E-state index contributed by atoms with van der Waals surface area (Å²) in [4.78, 5) is 11.3. The fourth-order valence-electron chi connectivity index (χ4n) is 3.29. The maximum Gasteiger partial charge on any atom is 0.373 e. The lowest BCUT2D eigenvalue weighted by atomic mass is 9.88. The summed E-state index contributed by atoms with van der Waals surface area (Å²) in [5.41, 5.74) is 0.881. The Balaban J connectivity index is 1.93. The largest absolute Gasteiger partial charge is 0.477 e. The summed E-state index contributed by atoms with van der Waals surface area (Å²) < 4.78 is 11.2. The monoisotopic (exact) mass is 310 g/mol. The van der Waals surface area contributed by atoms with Crippen LogP contribution in [0.1, 0.15) is 50.2 Å². The van der Waals surface area contributed by atoms with Gasteiger partial charge in [-0.3, -0.25) is 0 Å². The SMILES string of the molecule is O=C(O)C1Oc2ccc(Cl)cc2C(C2CCCCCC2)O1. The van der Waals surface area contributed by atoms with Crippen molar-refractivity contribution in [3.63, 3.8) is 0 Å². The van der Waals surface area contributed by atoms with E-state index in [1.54, 1.807) is 12.1 Å². The Morgan fingerprint density at radius 2 is 1.90 bits per heavy atom. The van der Waals surface area contributed by atoms with Crippen LogP contribution >= 0.6 is 11.6 Å². The first-order chi connectivity index (χ1) is 10.1. The normalized spacial score (nSPS) is 26.5. The van der Waals surface area contributed by atoms with Gasteiger partial charge in [0.2, 0.25) is 0 Å². The Labute approximate surface area is 129 Å². The summed E-state index contributed by atoms with van der Waals surface area (Å²) >= 11 is 6.08. The lowest BCUT2D eigenvalue weighted by molar-refractivity contribution is -0.194. The third-order valence-electron chi connectivity index (χ3n) is 4.31. The van der Waals surface area contributed by atoms with Crippen LogP contribution in [0.4, 0.5) is 0 Å². The molecular formula is C16H19ClO4. The number of benzene rings is 1. The van der Waals surface area contributed by atoms with Crippen molar-refractivity contribution in [2.45, 2.75) is 50.9 Å². The number of fused-ring (bicyclic) bond motifs is 1. The third-order valence-corrected chi connectivity index (χ3v) is 4.55. The Bertz CT molecular complexity index is 523. The van der Waals surface area contributed by atoms with Gasteiger partial charge in [0.25, 0.3) is 6.29 Å². The van der Waals surface area contributed by atoms with Gasteiger partial charge in [0.1, 0.15) is 5.75 Å². The molecule has 0 radical (unpaired) electrons. The average Bonchev–Trinajstić information content (AvgIpc) is 2.75.